The maximum absolute atomic E-state index is 15.0. The van der Waals surface area contributed by atoms with E-state index in [9.17, 15) is 4.79 Å². The highest BCUT2D eigenvalue weighted by molar-refractivity contribution is 5.94. The number of carbonyl (C=O) groups is 1. The molecule has 3 aromatic carbocycles. The SMILES string of the molecule is C[C@H]1CN(Cc2cccc(-c3cc(CNC(=O)c4cccc(CN5CCN(C6CC[N+](C)(C)CC6)CC5)c4)ccc3F)c2)CCN1. The number of carbonyl (C=O) groups excluding carboxylic acids is 1. The molecule has 1 amide bonds. The number of likely N-dealkylation sites (tertiary alicyclic amines) is 1. The number of nitrogens with one attached hydrogen (secondary N) is 2. The summed E-state index contributed by atoms with van der Waals surface area (Å²) in [5.41, 5.74) is 5.31. The van der Waals surface area contributed by atoms with E-state index in [0.717, 1.165) is 86.1 Å². The van der Waals surface area contributed by atoms with E-state index in [1.165, 1.54) is 37.6 Å². The van der Waals surface area contributed by atoms with Gasteiger partial charge in [0.05, 0.1) is 27.2 Å². The lowest BCUT2D eigenvalue weighted by Gasteiger charge is -2.44. The lowest BCUT2D eigenvalue weighted by molar-refractivity contribution is -0.895. The van der Waals surface area contributed by atoms with Gasteiger partial charge in [-0.05, 0) is 59.5 Å². The van der Waals surface area contributed by atoms with Gasteiger partial charge in [-0.3, -0.25) is 19.5 Å². The fourth-order valence-corrected chi connectivity index (χ4v) is 7.41. The zero-order valence-corrected chi connectivity index (χ0v) is 28.0. The van der Waals surface area contributed by atoms with E-state index in [-0.39, 0.29) is 11.7 Å². The van der Waals surface area contributed by atoms with Crippen LogP contribution < -0.4 is 10.6 Å². The Kier molecular flexibility index (Phi) is 10.5. The van der Waals surface area contributed by atoms with E-state index in [1.807, 2.05) is 36.4 Å². The first-order valence-electron chi connectivity index (χ1n) is 17.2. The molecule has 0 aliphatic carbocycles. The molecular formula is C38H52FN6O+. The van der Waals surface area contributed by atoms with Crippen LogP contribution in [0.25, 0.3) is 11.1 Å². The molecule has 8 heteroatoms. The topological polar surface area (TPSA) is 50.9 Å². The van der Waals surface area contributed by atoms with Crippen molar-refractivity contribution in [3.05, 3.63) is 94.8 Å². The highest BCUT2D eigenvalue weighted by Gasteiger charge is 2.31. The van der Waals surface area contributed by atoms with Gasteiger partial charge < -0.3 is 15.1 Å². The molecule has 0 bridgehead atoms. The average molecular weight is 628 g/mol. The molecule has 0 spiro atoms. The van der Waals surface area contributed by atoms with Gasteiger partial charge in [0, 0.05) is 101 Å². The van der Waals surface area contributed by atoms with Crippen LogP contribution in [-0.2, 0) is 19.6 Å². The number of amides is 1. The van der Waals surface area contributed by atoms with Crippen LogP contribution >= 0.6 is 0 Å². The quantitative estimate of drug-likeness (QED) is 0.341. The molecule has 0 radical (unpaired) electrons. The molecule has 2 N–H and O–H groups in total. The van der Waals surface area contributed by atoms with E-state index in [0.29, 0.717) is 23.7 Å². The smallest absolute Gasteiger partial charge is 0.251 e. The summed E-state index contributed by atoms with van der Waals surface area (Å²) in [6, 6.07) is 22.5. The maximum atomic E-state index is 15.0. The molecule has 3 aliphatic heterocycles. The van der Waals surface area contributed by atoms with Crippen LogP contribution in [0.2, 0.25) is 0 Å². The van der Waals surface area contributed by atoms with Gasteiger partial charge in [-0.1, -0.05) is 36.4 Å². The van der Waals surface area contributed by atoms with Gasteiger partial charge in [-0.25, -0.2) is 4.39 Å². The monoisotopic (exact) mass is 627 g/mol. The summed E-state index contributed by atoms with van der Waals surface area (Å²) >= 11 is 0. The average Bonchev–Trinajstić information content (AvgIpc) is 3.05. The molecule has 7 nitrogen and oxygen atoms in total. The molecule has 3 aliphatic rings. The Morgan fingerprint density at radius 3 is 2.35 bits per heavy atom. The molecule has 0 saturated carbocycles. The van der Waals surface area contributed by atoms with Gasteiger partial charge in [0.25, 0.3) is 5.91 Å². The van der Waals surface area contributed by atoms with Crippen LogP contribution in [0.3, 0.4) is 0 Å². The van der Waals surface area contributed by atoms with E-state index in [4.69, 9.17) is 0 Å². The number of rotatable bonds is 9. The zero-order chi connectivity index (χ0) is 32.1. The number of hydrogen-bond acceptors (Lipinski definition) is 5. The molecule has 3 heterocycles. The molecule has 6 rings (SSSR count). The maximum Gasteiger partial charge on any atom is 0.251 e. The van der Waals surface area contributed by atoms with Crippen molar-refractivity contribution in [1.82, 2.24) is 25.3 Å². The lowest BCUT2D eigenvalue weighted by atomic mass is 10.00. The molecule has 3 fully saturated rings. The molecule has 46 heavy (non-hydrogen) atoms. The Morgan fingerprint density at radius 2 is 1.59 bits per heavy atom. The Labute approximate surface area is 275 Å². The van der Waals surface area contributed by atoms with Crippen LogP contribution in [0.15, 0.2) is 66.7 Å². The zero-order valence-electron chi connectivity index (χ0n) is 28.0. The first kappa shape index (κ1) is 32.8. The van der Waals surface area contributed by atoms with E-state index >= 15 is 4.39 Å². The van der Waals surface area contributed by atoms with Crippen LogP contribution in [0.1, 0.15) is 46.8 Å². The van der Waals surface area contributed by atoms with E-state index in [2.05, 4.69) is 64.6 Å². The van der Waals surface area contributed by atoms with Crippen molar-refractivity contribution in [3.63, 3.8) is 0 Å². The second kappa shape index (κ2) is 14.7. The predicted molar refractivity (Wildman–Crippen MR) is 184 cm³/mol. The Hall–Kier alpha value is -3.14. The number of piperidine rings is 1. The molecule has 246 valence electrons. The summed E-state index contributed by atoms with van der Waals surface area (Å²) in [6.45, 7) is 14.2. The summed E-state index contributed by atoms with van der Waals surface area (Å²) in [5, 5.41) is 6.55. The third kappa shape index (κ3) is 8.60. The van der Waals surface area contributed by atoms with Gasteiger partial charge >= 0.3 is 0 Å². The molecular weight excluding hydrogens is 575 g/mol. The first-order valence-corrected chi connectivity index (χ1v) is 17.2. The highest BCUT2D eigenvalue weighted by Crippen LogP contribution is 2.26. The van der Waals surface area contributed by atoms with Crippen molar-refractivity contribution in [1.29, 1.82) is 0 Å². The van der Waals surface area contributed by atoms with Crippen molar-refractivity contribution < 1.29 is 13.7 Å². The third-order valence-corrected chi connectivity index (χ3v) is 10.2. The minimum Gasteiger partial charge on any atom is -0.348 e. The summed E-state index contributed by atoms with van der Waals surface area (Å²) in [7, 11) is 4.69. The first-order chi connectivity index (χ1) is 22.2. The summed E-state index contributed by atoms with van der Waals surface area (Å²) in [6.07, 6.45) is 2.60. The van der Waals surface area contributed by atoms with Crippen molar-refractivity contribution >= 4 is 5.91 Å². The predicted octanol–water partition coefficient (Wildman–Crippen LogP) is 4.57. The standard InChI is InChI=1S/C38H51FN6O/c1-29-26-43(15-14-40-29)28-31-6-4-8-33(22-31)36-24-30(10-11-37(36)39)25-41-38(46)34-9-5-7-32(23-34)27-42-16-18-44(19-17-42)35-12-20-45(2,3)21-13-35/h4-11,22-24,29,35,40H,12-21,25-28H2,1-3H3/p+1/t29-/m0/s1. The van der Waals surface area contributed by atoms with Crippen molar-refractivity contribution in [2.24, 2.45) is 0 Å². The van der Waals surface area contributed by atoms with Crippen molar-refractivity contribution in [2.45, 2.75) is 51.5 Å². The Morgan fingerprint density at radius 1 is 0.870 bits per heavy atom. The van der Waals surface area contributed by atoms with E-state index in [1.54, 1.807) is 6.07 Å². The van der Waals surface area contributed by atoms with Gasteiger partial charge in [0.2, 0.25) is 0 Å². The highest BCUT2D eigenvalue weighted by atomic mass is 19.1. The van der Waals surface area contributed by atoms with Crippen molar-refractivity contribution in [2.75, 3.05) is 73.0 Å². The number of hydrogen-bond donors (Lipinski definition) is 2. The summed E-state index contributed by atoms with van der Waals surface area (Å²) in [5.74, 6) is -0.359. The largest absolute Gasteiger partial charge is 0.348 e. The second-order valence-electron chi connectivity index (χ2n) is 14.4. The van der Waals surface area contributed by atoms with Crippen LogP contribution in [-0.4, -0.2) is 110 Å². The minimum atomic E-state index is -0.251. The summed E-state index contributed by atoms with van der Waals surface area (Å²) in [4.78, 5) is 20.8. The van der Waals surface area contributed by atoms with Crippen LogP contribution in [0.4, 0.5) is 4.39 Å². The van der Waals surface area contributed by atoms with E-state index < -0.39 is 0 Å². The number of halogens is 1. The number of quaternary nitrogens is 1. The molecule has 3 saturated heterocycles. The molecule has 1 atom stereocenters. The van der Waals surface area contributed by atoms with Crippen molar-refractivity contribution in [3.8, 4) is 11.1 Å². The Bertz CT molecular complexity index is 1480. The van der Waals surface area contributed by atoms with Gasteiger partial charge in [0.15, 0.2) is 0 Å². The fourth-order valence-electron chi connectivity index (χ4n) is 7.41. The normalized spacial score (nSPS) is 21.7. The summed E-state index contributed by atoms with van der Waals surface area (Å²) < 4.78 is 16.2. The lowest BCUT2D eigenvalue weighted by Crippen LogP contribution is -2.55. The van der Waals surface area contributed by atoms with Crippen LogP contribution in [0, 0.1) is 5.82 Å². The molecule has 0 unspecified atom stereocenters. The fraction of sp³-hybridized carbons (Fsp3) is 0.500. The van der Waals surface area contributed by atoms with Crippen LogP contribution in [0.5, 0.6) is 0 Å². The Balaban J connectivity index is 1.02. The van der Waals surface area contributed by atoms with Gasteiger partial charge in [-0.15, -0.1) is 0 Å². The number of nitrogens with zero attached hydrogens (tertiary/aromatic N) is 4. The van der Waals surface area contributed by atoms with Gasteiger partial charge in [0.1, 0.15) is 5.82 Å². The number of benzene rings is 3. The second-order valence-corrected chi connectivity index (χ2v) is 14.4. The molecule has 3 aromatic rings. The third-order valence-electron chi connectivity index (χ3n) is 10.2. The molecule has 0 aromatic heterocycles. The van der Waals surface area contributed by atoms with Gasteiger partial charge in [-0.2, -0.15) is 0 Å². The number of piperazine rings is 2. The minimum absolute atomic E-state index is 0.108.